The summed E-state index contributed by atoms with van der Waals surface area (Å²) < 4.78 is 1.20. The summed E-state index contributed by atoms with van der Waals surface area (Å²) in [5.74, 6) is -0.343. The molecule has 0 fully saturated rings. The van der Waals surface area contributed by atoms with Gasteiger partial charge in [-0.25, -0.2) is 4.98 Å². The molecular formula is C14H12N4O2S. The van der Waals surface area contributed by atoms with Crippen LogP contribution in [-0.4, -0.2) is 20.5 Å². The number of anilines is 1. The fraction of sp³-hybridized carbons (Fsp3) is 0.143. The Morgan fingerprint density at radius 1 is 1.33 bits per heavy atom. The molecule has 106 valence electrons. The van der Waals surface area contributed by atoms with E-state index in [9.17, 15) is 9.59 Å². The van der Waals surface area contributed by atoms with Gasteiger partial charge in [0.05, 0.1) is 6.20 Å². The number of nitrogens with one attached hydrogen (secondary N) is 1. The van der Waals surface area contributed by atoms with Gasteiger partial charge in [0.1, 0.15) is 10.7 Å². The van der Waals surface area contributed by atoms with Gasteiger partial charge in [0.25, 0.3) is 11.5 Å². The Labute approximate surface area is 124 Å². The highest BCUT2D eigenvalue weighted by Gasteiger charge is 2.12. The lowest BCUT2D eigenvalue weighted by molar-refractivity contribution is 0.102. The number of hydrogen-bond donors (Lipinski definition) is 1. The quantitative estimate of drug-likeness (QED) is 0.785. The second-order valence-corrected chi connectivity index (χ2v) is 5.78. The van der Waals surface area contributed by atoms with Gasteiger partial charge >= 0.3 is 0 Å². The molecule has 0 aliphatic carbocycles. The SMILES string of the molecule is Cc1cccc(C(=O)Nc2cnc3sc(C)nn3c2=O)c1. The minimum atomic E-state index is -0.384. The van der Waals surface area contributed by atoms with Gasteiger partial charge in [-0.15, -0.1) is 0 Å². The highest BCUT2D eigenvalue weighted by molar-refractivity contribution is 7.16. The van der Waals surface area contributed by atoms with Crippen molar-refractivity contribution in [3.63, 3.8) is 0 Å². The first-order valence-corrected chi connectivity index (χ1v) is 7.10. The molecule has 0 saturated heterocycles. The van der Waals surface area contributed by atoms with Gasteiger partial charge in [0.2, 0.25) is 4.96 Å². The number of nitrogens with zero attached hydrogens (tertiary/aromatic N) is 3. The van der Waals surface area contributed by atoms with Crippen molar-refractivity contribution in [1.29, 1.82) is 0 Å². The highest BCUT2D eigenvalue weighted by Crippen LogP contribution is 2.11. The molecule has 1 N–H and O–H groups in total. The fourth-order valence-corrected chi connectivity index (χ4v) is 2.65. The molecule has 3 aromatic rings. The second kappa shape index (κ2) is 5.10. The predicted octanol–water partition coefficient (Wildman–Crippen LogP) is 2.02. The summed E-state index contributed by atoms with van der Waals surface area (Å²) in [6, 6.07) is 7.14. The highest BCUT2D eigenvalue weighted by atomic mass is 32.1. The van der Waals surface area contributed by atoms with Crippen molar-refractivity contribution in [2.45, 2.75) is 13.8 Å². The summed E-state index contributed by atoms with van der Waals surface area (Å²) >= 11 is 1.32. The standard InChI is InChI=1S/C14H12N4O2S/c1-8-4-3-5-10(6-8)12(19)16-11-7-15-14-18(13(11)20)17-9(2)21-14/h3-7H,1-2H3,(H,16,19). The van der Waals surface area contributed by atoms with Crippen molar-refractivity contribution in [3.8, 4) is 0 Å². The van der Waals surface area contributed by atoms with Crippen LogP contribution in [0, 0.1) is 13.8 Å². The van der Waals surface area contributed by atoms with Crippen molar-refractivity contribution in [1.82, 2.24) is 14.6 Å². The third-order valence-corrected chi connectivity index (χ3v) is 3.75. The van der Waals surface area contributed by atoms with E-state index >= 15 is 0 Å². The topological polar surface area (TPSA) is 76.4 Å². The molecule has 1 aromatic carbocycles. The minimum Gasteiger partial charge on any atom is -0.316 e. The summed E-state index contributed by atoms with van der Waals surface area (Å²) in [7, 11) is 0. The minimum absolute atomic E-state index is 0.115. The van der Waals surface area contributed by atoms with E-state index in [2.05, 4.69) is 15.4 Å². The van der Waals surface area contributed by atoms with Crippen LogP contribution in [0.25, 0.3) is 4.96 Å². The van der Waals surface area contributed by atoms with E-state index in [-0.39, 0.29) is 17.2 Å². The maximum atomic E-state index is 12.2. The van der Waals surface area contributed by atoms with Crippen LogP contribution in [0.1, 0.15) is 20.9 Å². The molecule has 2 heterocycles. The van der Waals surface area contributed by atoms with Gasteiger partial charge in [-0.1, -0.05) is 29.0 Å². The molecule has 7 heteroatoms. The molecule has 21 heavy (non-hydrogen) atoms. The van der Waals surface area contributed by atoms with Crippen LogP contribution < -0.4 is 10.9 Å². The van der Waals surface area contributed by atoms with Crippen molar-refractivity contribution < 1.29 is 4.79 Å². The van der Waals surface area contributed by atoms with Gasteiger partial charge in [-0.2, -0.15) is 9.61 Å². The Balaban J connectivity index is 1.96. The van der Waals surface area contributed by atoms with Gasteiger partial charge in [0, 0.05) is 5.56 Å². The molecule has 1 amide bonds. The molecule has 0 radical (unpaired) electrons. The normalized spacial score (nSPS) is 10.8. The van der Waals surface area contributed by atoms with Gasteiger partial charge < -0.3 is 5.32 Å². The van der Waals surface area contributed by atoms with E-state index in [1.54, 1.807) is 25.1 Å². The first kappa shape index (κ1) is 13.4. The van der Waals surface area contributed by atoms with Crippen molar-refractivity contribution in [2.75, 3.05) is 5.32 Å². The zero-order valence-corrected chi connectivity index (χ0v) is 12.3. The number of aromatic nitrogens is 3. The van der Waals surface area contributed by atoms with Gasteiger partial charge in [-0.05, 0) is 26.0 Å². The summed E-state index contributed by atoms with van der Waals surface area (Å²) in [5.41, 5.74) is 1.20. The van der Waals surface area contributed by atoms with Crippen LogP contribution in [0.2, 0.25) is 0 Å². The summed E-state index contributed by atoms with van der Waals surface area (Å²) in [6.07, 6.45) is 1.36. The first-order valence-electron chi connectivity index (χ1n) is 6.28. The van der Waals surface area contributed by atoms with Crippen molar-refractivity contribution >= 4 is 27.9 Å². The third kappa shape index (κ3) is 2.55. The Hall–Kier alpha value is -2.54. The molecular weight excluding hydrogens is 288 g/mol. The van der Waals surface area contributed by atoms with E-state index in [1.165, 1.54) is 22.0 Å². The maximum absolute atomic E-state index is 12.2. The molecule has 0 aliphatic rings. The lowest BCUT2D eigenvalue weighted by Gasteiger charge is -2.04. The molecule has 0 unspecified atom stereocenters. The van der Waals surface area contributed by atoms with Crippen LogP contribution in [0.4, 0.5) is 5.69 Å². The average molecular weight is 300 g/mol. The lowest BCUT2D eigenvalue weighted by atomic mass is 10.1. The summed E-state index contributed by atoms with van der Waals surface area (Å²) in [4.78, 5) is 29.0. The molecule has 0 bridgehead atoms. The summed E-state index contributed by atoms with van der Waals surface area (Å²) in [6.45, 7) is 3.70. The van der Waals surface area contributed by atoms with E-state index < -0.39 is 0 Å². The van der Waals surface area contributed by atoms with E-state index in [0.29, 0.717) is 10.5 Å². The molecule has 0 aliphatic heterocycles. The lowest BCUT2D eigenvalue weighted by Crippen LogP contribution is -2.23. The van der Waals surface area contributed by atoms with Crippen LogP contribution in [0.5, 0.6) is 0 Å². The number of amides is 1. The maximum Gasteiger partial charge on any atom is 0.298 e. The zero-order chi connectivity index (χ0) is 15.0. The number of carbonyl (C=O) groups excluding carboxylic acids is 1. The molecule has 2 aromatic heterocycles. The fourth-order valence-electron chi connectivity index (χ4n) is 1.95. The van der Waals surface area contributed by atoms with E-state index in [4.69, 9.17) is 0 Å². The van der Waals surface area contributed by atoms with Gasteiger partial charge in [0.15, 0.2) is 0 Å². The van der Waals surface area contributed by atoms with Crippen LogP contribution >= 0.6 is 11.3 Å². The van der Waals surface area contributed by atoms with Crippen molar-refractivity contribution in [3.05, 3.63) is 57.0 Å². The first-order chi connectivity index (χ1) is 10.0. The molecule has 0 spiro atoms. The van der Waals surface area contributed by atoms with E-state index in [0.717, 1.165) is 10.6 Å². The smallest absolute Gasteiger partial charge is 0.298 e. The molecule has 6 nitrogen and oxygen atoms in total. The number of rotatable bonds is 2. The number of fused-ring (bicyclic) bond motifs is 1. The van der Waals surface area contributed by atoms with Crippen LogP contribution in [-0.2, 0) is 0 Å². The molecule has 0 atom stereocenters. The largest absolute Gasteiger partial charge is 0.316 e. The Morgan fingerprint density at radius 3 is 2.90 bits per heavy atom. The van der Waals surface area contributed by atoms with Crippen LogP contribution in [0.15, 0.2) is 35.3 Å². The molecule has 0 saturated carbocycles. The van der Waals surface area contributed by atoms with E-state index in [1.807, 2.05) is 13.0 Å². The second-order valence-electron chi connectivity index (χ2n) is 4.62. The number of benzene rings is 1. The average Bonchev–Trinajstić information content (AvgIpc) is 2.83. The Bertz CT molecular complexity index is 897. The number of hydrogen-bond acceptors (Lipinski definition) is 5. The number of carbonyl (C=O) groups is 1. The summed E-state index contributed by atoms with van der Waals surface area (Å²) in [5, 5.41) is 7.40. The third-order valence-electron chi connectivity index (χ3n) is 2.92. The zero-order valence-electron chi connectivity index (χ0n) is 11.5. The predicted molar refractivity (Wildman–Crippen MR) is 81.0 cm³/mol. The van der Waals surface area contributed by atoms with Crippen molar-refractivity contribution in [2.24, 2.45) is 0 Å². The molecule has 3 rings (SSSR count). The number of aryl methyl sites for hydroxylation is 2. The Kier molecular flexibility index (Phi) is 3.26. The van der Waals surface area contributed by atoms with Gasteiger partial charge in [-0.3, -0.25) is 9.59 Å². The monoisotopic (exact) mass is 300 g/mol. The van der Waals surface area contributed by atoms with Crippen LogP contribution in [0.3, 0.4) is 0 Å². The Morgan fingerprint density at radius 2 is 2.14 bits per heavy atom.